The van der Waals surface area contributed by atoms with Crippen molar-refractivity contribution in [2.24, 2.45) is 5.73 Å². The first-order valence-corrected chi connectivity index (χ1v) is 8.99. The molecule has 2 aromatic heterocycles. The summed E-state index contributed by atoms with van der Waals surface area (Å²) in [5.41, 5.74) is 4.23. The number of nitrogens with one attached hydrogen (secondary N) is 2. The van der Waals surface area contributed by atoms with Crippen LogP contribution in [0.5, 0.6) is 0 Å². The van der Waals surface area contributed by atoms with Gasteiger partial charge in [0.2, 0.25) is 5.91 Å². The molecule has 164 valence electrons. The SMILES string of the molecule is C[C@@H](O)[C@H](N)C(=O)NC(=O)Nc1ncnc2c1ncn2[C@]1(C)O[C@H](CO)[C@@H](O)[C@H]1O. The third-order valence-electron chi connectivity index (χ3n) is 4.93. The molecule has 0 aromatic carbocycles. The number of amides is 3. The van der Waals surface area contributed by atoms with Crippen molar-refractivity contribution in [2.75, 3.05) is 11.9 Å². The van der Waals surface area contributed by atoms with E-state index in [0.717, 1.165) is 6.33 Å². The summed E-state index contributed by atoms with van der Waals surface area (Å²) in [7, 11) is 0. The van der Waals surface area contributed by atoms with E-state index >= 15 is 0 Å². The van der Waals surface area contributed by atoms with Gasteiger partial charge < -0.3 is 30.9 Å². The van der Waals surface area contributed by atoms with Crippen LogP contribution in [0, 0.1) is 0 Å². The van der Waals surface area contributed by atoms with Crippen molar-refractivity contribution >= 4 is 28.9 Å². The van der Waals surface area contributed by atoms with E-state index in [1.807, 2.05) is 5.32 Å². The predicted octanol–water partition coefficient (Wildman–Crippen LogP) is -3.03. The minimum Gasteiger partial charge on any atom is -0.394 e. The summed E-state index contributed by atoms with van der Waals surface area (Å²) in [5, 5.41) is 43.5. The minimum atomic E-state index is -1.50. The zero-order valence-corrected chi connectivity index (χ0v) is 16.1. The number of urea groups is 1. The number of ether oxygens (including phenoxy) is 1. The number of hydrogen-bond donors (Lipinski definition) is 7. The summed E-state index contributed by atoms with van der Waals surface area (Å²) >= 11 is 0. The van der Waals surface area contributed by atoms with E-state index in [0.29, 0.717) is 0 Å². The number of carbonyl (C=O) groups excluding carboxylic acids is 2. The van der Waals surface area contributed by atoms with Gasteiger partial charge in [-0.25, -0.2) is 19.7 Å². The fourth-order valence-corrected chi connectivity index (χ4v) is 3.11. The molecule has 1 saturated heterocycles. The molecule has 14 heteroatoms. The lowest BCUT2D eigenvalue weighted by atomic mass is 10.0. The highest BCUT2D eigenvalue weighted by molar-refractivity contribution is 6.04. The average molecular weight is 425 g/mol. The van der Waals surface area contributed by atoms with Gasteiger partial charge in [-0.15, -0.1) is 0 Å². The monoisotopic (exact) mass is 425 g/mol. The zero-order valence-electron chi connectivity index (χ0n) is 16.1. The highest BCUT2D eigenvalue weighted by Crippen LogP contribution is 2.37. The van der Waals surface area contributed by atoms with Gasteiger partial charge in [0.25, 0.3) is 0 Å². The number of aromatic nitrogens is 4. The lowest BCUT2D eigenvalue weighted by Crippen LogP contribution is -2.50. The molecular weight excluding hydrogens is 402 g/mol. The number of imide groups is 1. The number of anilines is 1. The van der Waals surface area contributed by atoms with Gasteiger partial charge in [0.15, 0.2) is 22.7 Å². The zero-order chi connectivity index (χ0) is 22.2. The Morgan fingerprint density at radius 2 is 2.07 bits per heavy atom. The van der Waals surface area contributed by atoms with E-state index in [2.05, 4.69) is 20.3 Å². The first-order chi connectivity index (χ1) is 14.1. The molecular formula is C16H23N7O7. The molecule has 0 radical (unpaired) electrons. The van der Waals surface area contributed by atoms with Crippen molar-refractivity contribution in [3.05, 3.63) is 12.7 Å². The fraction of sp³-hybridized carbons (Fsp3) is 0.562. The smallest absolute Gasteiger partial charge is 0.327 e. The van der Waals surface area contributed by atoms with Crippen LogP contribution < -0.4 is 16.4 Å². The maximum Gasteiger partial charge on any atom is 0.327 e. The maximum absolute atomic E-state index is 12.1. The Bertz CT molecular complexity index is 951. The van der Waals surface area contributed by atoms with Crippen molar-refractivity contribution in [2.45, 2.75) is 50.0 Å². The molecule has 1 aliphatic heterocycles. The molecule has 1 aliphatic rings. The Kier molecular flexibility index (Phi) is 5.98. The second kappa shape index (κ2) is 8.17. The number of fused-ring (bicyclic) bond motifs is 1. The number of nitrogens with zero attached hydrogens (tertiary/aromatic N) is 4. The lowest BCUT2D eigenvalue weighted by Gasteiger charge is -2.29. The van der Waals surface area contributed by atoms with Gasteiger partial charge in [-0.3, -0.25) is 20.0 Å². The number of rotatable bonds is 5. The molecule has 0 aliphatic carbocycles. The first kappa shape index (κ1) is 21.9. The van der Waals surface area contributed by atoms with Crippen LogP contribution >= 0.6 is 0 Å². The summed E-state index contributed by atoms with van der Waals surface area (Å²) in [6.45, 7) is 2.28. The maximum atomic E-state index is 12.1. The van der Waals surface area contributed by atoms with Crippen molar-refractivity contribution in [1.29, 1.82) is 0 Å². The van der Waals surface area contributed by atoms with E-state index in [9.17, 15) is 30.0 Å². The highest BCUT2D eigenvalue weighted by atomic mass is 16.6. The number of imidazole rings is 1. The number of nitrogens with two attached hydrogens (primary N) is 1. The molecule has 0 spiro atoms. The van der Waals surface area contributed by atoms with Gasteiger partial charge in [-0.05, 0) is 13.8 Å². The number of aliphatic hydroxyl groups is 4. The van der Waals surface area contributed by atoms with E-state index in [-0.39, 0.29) is 17.0 Å². The molecule has 8 N–H and O–H groups in total. The summed E-state index contributed by atoms with van der Waals surface area (Å²) < 4.78 is 6.97. The first-order valence-electron chi connectivity index (χ1n) is 8.99. The summed E-state index contributed by atoms with van der Waals surface area (Å²) in [4.78, 5) is 36.0. The van der Waals surface area contributed by atoms with Crippen LogP contribution in [-0.2, 0) is 15.3 Å². The number of aliphatic hydroxyl groups excluding tert-OH is 4. The Morgan fingerprint density at radius 1 is 1.37 bits per heavy atom. The van der Waals surface area contributed by atoms with Gasteiger partial charge in [0, 0.05) is 0 Å². The quantitative estimate of drug-likeness (QED) is 0.255. The Labute approximate surface area is 169 Å². The van der Waals surface area contributed by atoms with E-state index in [1.165, 1.54) is 24.7 Å². The third kappa shape index (κ3) is 3.71. The number of carbonyl (C=O) groups is 2. The third-order valence-corrected chi connectivity index (χ3v) is 4.93. The summed E-state index contributed by atoms with van der Waals surface area (Å²) in [6, 6.07) is -2.25. The van der Waals surface area contributed by atoms with Gasteiger partial charge >= 0.3 is 6.03 Å². The Hall–Kier alpha value is -2.75. The number of hydrogen-bond acceptors (Lipinski definition) is 11. The van der Waals surface area contributed by atoms with Crippen molar-refractivity contribution < 1.29 is 34.8 Å². The van der Waals surface area contributed by atoms with Gasteiger partial charge in [0.05, 0.1) is 19.0 Å². The van der Waals surface area contributed by atoms with Crippen molar-refractivity contribution in [1.82, 2.24) is 24.8 Å². The predicted molar refractivity (Wildman–Crippen MR) is 99.8 cm³/mol. The summed E-state index contributed by atoms with van der Waals surface area (Å²) in [5.74, 6) is -0.942. The second-order valence-corrected chi connectivity index (χ2v) is 7.05. The van der Waals surface area contributed by atoms with E-state index in [4.69, 9.17) is 10.5 Å². The largest absolute Gasteiger partial charge is 0.394 e. The van der Waals surface area contributed by atoms with Gasteiger partial charge in [-0.1, -0.05) is 0 Å². The van der Waals surface area contributed by atoms with Crippen LogP contribution in [0.4, 0.5) is 10.6 Å². The topological polar surface area (TPSA) is 218 Å². The normalized spacial score (nSPS) is 28.3. The van der Waals surface area contributed by atoms with Crippen LogP contribution in [0.3, 0.4) is 0 Å². The summed E-state index contributed by atoms with van der Waals surface area (Å²) in [6.07, 6.45) is -2.53. The molecule has 3 rings (SSSR count). The van der Waals surface area contributed by atoms with E-state index < -0.39 is 54.7 Å². The van der Waals surface area contributed by atoms with Crippen molar-refractivity contribution in [3.63, 3.8) is 0 Å². The van der Waals surface area contributed by atoms with Crippen LogP contribution in [0.2, 0.25) is 0 Å². The van der Waals surface area contributed by atoms with Crippen LogP contribution in [0.1, 0.15) is 13.8 Å². The molecule has 14 nitrogen and oxygen atoms in total. The molecule has 0 saturated carbocycles. The Morgan fingerprint density at radius 3 is 2.67 bits per heavy atom. The molecule has 3 heterocycles. The van der Waals surface area contributed by atoms with Gasteiger partial charge in [0.1, 0.15) is 30.7 Å². The standard InChI is InChI=1S/C16H23N7O7/c1-6(25)8(17)14(28)22-15(29)21-12-9-13(19-4-18-12)23(5-20-9)16(2)11(27)10(26)7(3-24)30-16/h4-8,10-11,24-27H,3,17H2,1-2H3,(H2,18,19,21,22,28,29)/t6-,7-,8+,10-,11-,16-/m1/s1. The molecule has 0 bridgehead atoms. The molecule has 30 heavy (non-hydrogen) atoms. The second-order valence-electron chi connectivity index (χ2n) is 7.05. The van der Waals surface area contributed by atoms with Crippen LogP contribution in [0.15, 0.2) is 12.7 Å². The molecule has 2 aromatic rings. The van der Waals surface area contributed by atoms with Crippen LogP contribution in [0.25, 0.3) is 11.2 Å². The highest BCUT2D eigenvalue weighted by Gasteiger charge is 2.53. The van der Waals surface area contributed by atoms with E-state index in [1.54, 1.807) is 0 Å². The molecule has 3 amide bonds. The molecule has 1 fully saturated rings. The van der Waals surface area contributed by atoms with Crippen molar-refractivity contribution in [3.8, 4) is 0 Å². The molecule has 6 atom stereocenters. The van der Waals surface area contributed by atoms with Crippen LogP contribution in [-0.4, -0.2) is 88.9 Å². The van der Waals surface area contributed by atoms with Gasteiger partial charge in [-0.2, -0.15) is 0 Å². The Balaban J connectivity index is 1.86. The average Bonchev–Trinajstić information content (AvgIpc) is 3.23. The molecule has 0 unspecified atom stereocenters. The lowest BCUT2D eigenvalue weighted by molar-refractivity contribution is -0.132. The fourth-order valence-electron chi connectivity index (χ4n) is 3.11. The minimum absolute atomic E-state index is 0.0509.